The van der Waals surface area contributed by atoms with E-state index in [0.29, 0.717) is 28.1 Å². The number of fused-ring (bicyclic) bond motifs is 1. The topological polar surface area (TPSA) is 116 Å². The van der Waals surface area contributed by atoms with Crippen LogP contribution in [0.25, 0.3) is 11.0 Å². The quantitative estimate of drug-likeness (QED) is 0.460. The maximum Gasteiger partial charge on any atom is 0.336 e. The summed E-state index contributed by atoms with van der Waals surface area (Å²) in [7, 11) is 0. The van der Waals surface area contributed by atoms with Crippen LogP contribution in [0.5, 0.6) is 5.75 Å². The maximum atomic E-state index is 11.6. The highest BCUT2D eigenvalue weighted by Gasteiger charge is 2.12. The summed E-state index contributed by atoms with van der Waals surface area (Å²) in [6.07, 6.45) is 0. The van der Waals surface area contributed by atoms with Crippen LogP contribution in [0.3, 0.4) is 0 Å². The summed E-state index contributed by atoms with van der Waals surface area (Å²) in [5.41, 5.74) is 8.44. The van der Waals surface area contributed by atoms with Crippen LogP contribution < -0.4 is 21.4 Å². The van der Waals surface area contributed by atoms with Crippen molar-refractivity contribution in [2.45, 2.75) is 20.5 Å². The molecule has 0 saturated carbocycles. The third-order valence-corrected chi connectivity index (χ3v) is 4.75. The third-order valence-electron chi connectivity index (χ3n) is 4.45. The minimum absolute atomic E-state index is 0.00353. The molecular weight excluding hydrogens is 406 g/mol. The van der Waals surface area contributed by atoms with Gasteiger partial charge in [-0.15, -0.1) is 0 Å². The minimum atomic E-state index is -0.439. The molecule has 4 rings (SSSR count). The molecule has 0 saturated heterocycles. The van der Waals surface area contributed by atoms with Gasteiger partial charge in [0.05, 0.1) is 5.02 Å². The Morgan fingerprint density at radius 2 is 1.90 bits per heavy atom. The summed E-state index contributed by atoms with van der Waals surface area (Å²) in [6.45, 7) is 3.78. The van der Waals surface area contributed by atoms with Gasteiger partial charge in [0.25, 0.3) is 0 Å². The number of hydrogen-bond donors (Lipinski definition) is 2. The van der Waals surface area contributed by atoms with Crippen LogP contribution in [0.4, 0.5) is 17.6 Å². The normalized spacial score (nSPS) is 10.9. The summed E-state index contributed by atoms with van der Waals surface area (Å²) >= 11 is 6.33. The van der Waals surface area contributed by atoms with Crippen LogP contribution in [0, 0.1) is 13.8 Å². The van der Waals surface area contributed by atoms with Gasteiger partial charge in [-0.1, -0.05) is 29.8 Å². The van der Waals surface area contributed by atoms with E-state index in [-0.39, 0.29) is 12.6 Å². The van der Waals surface area contributed by atoms with Gasteiger partial charge in [0, 0.05) is 23.2 Å². The van der Waals surface area contributed by atoms with E-state index in [9.17, 15) is 4.79 Å². The fourth-order valence-electron chi connectivity index (χ4n) is 2.96. The largest absolute Gasteiger partial charge is 0.484 e. The second kappa shape index (κ2) is 8.00. The highest BCUT2D eigenvalue weighted by molar-refractivity contribution is 6.32. The smallest absolute Gasteiger partial charge is 0.336 e. The summed E-state index contributed by atoms with van der Waals surface area (Å²) in [6, 6.07) is 12.4. The lowest BCUT2D eigenvalue weighted by Gasteiger charge is -2.11. The van der Waals surface area contributed by atoms with Gasteiger partial charge < -0.3 is 20.2 Å². The molecule has 0 atom stereocenters. The molecule has 8 nitrogen and oxygen atoms in total. The lowest BCUT2D eigenvalue weighted by molar-refractivity contribution is 0.296. The van der Waals surface area contributed by atoms with Crippen molar-refractivity contribution in [3.8, 4) is 5.75 Å². The number of para-hydroxylation sites is 1. The van der Waals surface area contributed by atoms with E-state index in [1.165, 1.54) is 6.07 Å². The van der Waals surface area contributed by atoms with Gasteiger partial charge in [-0.2, -0.15) is 15.0 Å². The van der Waals surface area contributed by atoms with Crippen LogP contribution in [-0.4, -0.2) is 15.0 Å². The molecule has 9 heteroatoms. The predicted molar refractivity (Wildman–Crippen MR) is 115 cm³/mol. The SMILES string of the molecule is Cc1ccccc1Nc1nc(N)nc(COc2cc3oc(=O)cc(C)c3cc2Cl)n1. The third kappa shape index (κ3) is 4.18. The van der Waals surface area contributed by atoms with Crippen molar-refractivity contribution in [1.82, 2.24) is 15.0 Å². The maximum absolute atomic E-state index is 11.6. The van der Waals surface area contributed by atoms with E-state index < -0.39 is 5.63 Å². The lowest BCUT2D eigenvalue weighted by atomic mass is 10.1. The fraction of sp³-hybridized carbons (Fsp3) is 0.143. The molecular formula is C21H18ClN5O3. The summed E-state index contributed by atoms with van der Waals surface area (Å²) in [4.78, 5) is 24.2. The van der Waals surface area contributed by atoms with Gasteiger partial charge in [0.2, 0.25) is 11.9 Å². The van der Waals surface area contributed by atoms with Crippen LogP contribution in [0.1, 0.15) is 17.0 Å². The number of ether oxygens (including phenoxy) is 1. The van der Waals surface area contributed by atoms with Crippen LogP contribution in [0.2, 0.25) is 5.02 Å². The van der Waals surface area contributed by atoms with Crippen molar-refractivity contribution in [2.24, 2.45) is 0 Å². The molecule has 4 aromatic rings. The molecule has 0 fully saturated rings. The van der Waals surface area contributed by atoms with Crippen molar-refractivity contribution in [1.29, 1.82) is 0 Å². The summed E-state index contributed by atoms with van der Waals surface area (Å²) in [5, 5.41) is 4.24. The molecule has 152 valence electrons. The Morgan fingerprint density at radius 3 is 2.70 bits per heavy atom. The number of rotatable bonds is 5. The number of benzene rings is 2. The van der Waals surface area contributed by atoms with Gasteiger partial charge in [-0.3, -0.25) is 0 Å². The number of nitrogen functional groups attached to an aromatic ring is 1. The number of nitrogens with two attached hydrogens (primary N) is 1. The first-order valence-corrected chi connectivity index (χ1v) is 9.47. The van der Waals surface area contributed by atoms with E-state index in [1.54, 1.807) is 12.1 Å². The summed E-state index contributed by atoms with van der Waals surface area (Å²) < 4.78 is 11.0. The molecule has 3 N–H and O–H groups in total. The minimum Gasteiger partial charge on any atom is -0.484 e. The van der Waals surface area contributed by atoms with Gasteiger partial charge in [0.15, 0.2) is 5.82 Å². The molecule has 0 aliphatic rings. The second-order valence-corrected chi connectivity index (χ2v) is 7.10. The van der Waals surface area contributed by atoms with Gasteiger partial charge in [-0.05, 0) is 37.1 Å². The summed E-state index contributed by atoms with van der Waals surface area (Å²) in [5.74, 6) is 1.03. The number of nitrogens with zero attached hydrogens (tertiary/aromatic N) is 3. The Morgan fingerprint density at radius 1 is 1.10 bits per heavy atom. The van der Waals surface area contributed by atoms with E-state index in [0.717, 1.165) is 22.2 Å². The Hall–Kier alpha value is -3.65. The van der Waals surface area contributed by atoms with Crippen LogP contribution in [0.15, 0.2) is 51.7 Å². The van der Waals surface area contributed by atoms with E-state index in [1.807, 2.05) is 38.1 Å². The van der Waals surface area contributed by atoms with Gasteiger partial charge in [-0.25, -0.2) is 4.79 Å². The highest BCUT2D eigenvalue weighted by Crippen LogP contribution is 2.31. The average molecular weight is 424 g/mol. The van der Waals surface area contributed by atoms with Crippen molar-refractivity contribution in [2.75, 3.05) is 11.1 Å². The van der Waals surface area contributed by atoms with E-state index in [2.05, 4.69) is 20.3 Å². The molecule has 0 bridgehead atoms. The standard InChI is InChI=1S/C21H18ClN5O3/c1-11-5-3-4-6-15(11)24-21-26-18(25-20(23)27-21)10-29-17-9-16-13(8-14(17)22)12(2)7-19(28)30-16/h3-9H,10H2,1-2H3,(H3,23,24,25,26,27). The zero-order valence-electron chi connectivity index (χ0n) is 16.3. The molecule has 0 unspecified atom stereocenters. The zero-order valence-corrected chi connectivity index (χ0v) is 17.0. The van der Waals surface area contributed by atoms with Crippen molar-refractivity contribution < 1.29 is 9.15 Å². The number of nitrogens with one attached hydrogen (secondary N) is 1. The number of hydrogen-bond acceptors (Lipinski definition) is 8. The van der Waals surface area contributed by atoms with E-state index >= 15 is 0 Å². The molecule has 0 aliphatic carbocycles. The number of aromatic nitrogens is 3. The first-order valence-electron chi connectivity index (χ1n) is 9.09. The predicted octanol–water partition coefficient (Wildman–Crippen LogP) is 4.15. The molecule has 0 aliphatic heterocycles. The number of aryl methyl sites for hydroxylation is 2. The Kier molecular flexibility index (Phi) is 5.24. The molecule has 2 aromatic heterocycles. The first-order chi connectivity index (χ1) is 14.4. The van der Waals surface area contributed by atoms with Gasteiger partial charge in [0.1, 0.15) is 17.9 Å². The molecule has 0 spiro atoms. The zero-order chi connectivity index (χ0) is 21.3. The average Bonchev–Trinajstić information content (AvgIpc) is 2.68. The Labute approximate surface area is 176 Å². The van der Waals surface area contributed by atoms with Crippen molar-refractivity contribution in [3.05, 3.63) is 74.9 Å². The fourth-order valence-corrected chi connectivity index (χ4v) is 3.18. The Balaban J connectivity index is 1.58. The monoisotopic (exact) mass is 423 g/mol. The van der Waals surface area contributed by atoms with Crippen LogP contribution in [-0.2, 0) is 6.61 Å². The van der Waals surface area contributed by atoms with Crippen molar-refractivity contribution in [3.63, 3.8) is 0 Å². The van der Waals surface area contributed by atoms with E-state index in [4.69, 9.17) is 26.5 Å². The molecule has 0 radical (unpaired) electrons. The number of anilines is 3. The highest BCUT2D eigenvalue weighted by atomic mass is 35.5. The first kappa shape index (κ1) is 19.7. The molecule has 2 heterocycles. The molecule has 30 heavy (non-hydrogen) atoms. The van der Waals surface area contributed by atoms with Crippen LogP contribution >= 0.6 is 11.6 Å². The number of halogens is 1. The second-order valence-electron chi connectivity index (χ2n) is 6.69. The lowest BCUT2D eigenvalue weighted by Crippen LogP contribution is -2.10. The Bertz CT molecular complexity index is 1310. The van der Waals surface area contributed by atoms with Crippen molar-refractivity contribution >= 4 is 40.2 Å². The molecule has 0 amide bonds. The van der Waals surface area contributed by atoms with Gasteiger partial charge >= 0.3 is 5.63 Å². The molecule has 2 aromatic carbocycles.